The molecule has 2 N–H and O–H groups in total. The summed E-state index contributed by atoms with van der Waals surface area (Å²) < 4.78 is 13.8. The van der Waals surface area contributed by atoms with Gasteiger partial charge in [0.05, 0.1) is 17.7 Å². The van der Waals surface area contributed by atoms with E-state index in [0.29, 0.717) is 11.6 Å². The van der Waals surface area contributed by atoms with Crippen LogP contribution in [0.1, 0.15) is 29.3 Å². The summed E-state index contributed by atoms with van der Waals surface area (Å²) >= 11 is 11.9. The molecule has 0 bridgehead atoms. The van der Waals surface area contributed by atoms with E-state index in [1.807, 2.05) is 6.92 Å². The first-order chi connectivity index (χ1) is 11.9. The van der Waals surface area contributed by atoms with Crippen LogP contribution in [-0.4, -0.2) is 18.4 Å². The monoisotopic (exact) mass is 382 g/mol. The zero-order chi connectivity index (χ0) is 18.4. The molecule has 2 rings (SSSR count). The molecule has 7 heteroatoms. The van der Waals surface area contributed by atoms with Gasteiger partial charge < -0.3 is 10.6 Å². The minimum absolute atomic E-state index is 0.0979. The molecule has 0 atom stereocenters. The Morgan fingerprint density at radius 2 is 1.92 bits per heavy atom. The lowest BCUT2D eigenvalue weighted by molar-refractivity contribution is -0.115. The lowest BCUT2D eigenvalue weighted by atomic mass is 10.1. The van der Waals surface area contributed by atoms with E-state index in [-0.39, 0.29) is 34.2 Å². The quantitative estimate of drug-likeness (QED) is 0.774. The number of hydrogen-bond donors (Lipinski definition) is 2. The SMILES string of the molecule is CCCNC(=O)c1ccc(Cl)cc1NC(=O)Cc1c(F)cccc1Cl. The van der Waals surface area contributed by atoms with E-state index in [9.17, 15) is 14.0 Å². The summed E-state index contributed by atoms with van der Waals surface area (Å²) in [6.45, 7) is 2.45. The maximum atomic E-state index is 13.8. The van der Waals surface area contributed by atoms with Crippen molar-refractivity contribution in [1.82, 2.24) is 5.32 Å². The zero-order valence-electron chi connectivity index (χ0n) is 13.5. The van der Waals surface area contributed by atoms with Crippen LogP contribution >= 0.6 is 23.2 Å². The number of nitrogens with one attached hydrogen (secondary N) is 2. The molecule has 132 valence electrons. The van der Waals surface area contributed by atoms with Gasteiger partial charge in [-0.25, -0.2) is 4.39 Å². The molecule has 0 aromatic heterocycles. The number of benzene rings is 2. The Labute approximate surface area is 155 Å². The normalized spacial score (nSPS) is 10.4. The largest absolute Gasteiger partial charge is 0.352 e. The van der Waals surface area contributed by atoms with Crippen molar-refractivity contribution in [3.05, 3.63) is 63.4 Å². The second-order valence-electron chi connectivity index (χ2n) is 5.37. The van der Waals surface area contributed by atoms with Crippen molar-refractivity contribution >= 4 is 40.7 Å². The van der Waals surface area contributed by atoms with Gasteiger partial charge in [0.1, 0.15) is 5.82 Å². The predicted molar refractivity (Wildman–Crippen MR) is 97.8 cm³/mol. The third kappa shape index (κ3) is 5.18. The smallest absolute Gasteiger partial charge is 0.253 e. The Hall–Kier alpha value is -2.11. The number of hydrogen-bond acceptors (Lipinski definition) is 2. The molecular formula is C18H17Cl2FN2O2. The van der Waals surface area contributed by atoms with Gasteiger partial charge in [0, 0.05) is 22.2 Å². The van der Waals surface area contributed by atoms with Crippen LogP contribution < -0.4 is 10.6 Å². The molecule has 0 heterocycles. The number of carbonyl (C=O) groups excluding carboxylic acids is 2. The molecule has 2 aromatic rings. The van der Waals surface area contributed by atoms with Crippen molar-refractivity contribution < 1.29 is 14.0 Å². The molecule has 0 aliphatic carbocycles. The van der Waals surface area contributed by atoms with Crippen LogP contribution in [0.5, 0.6) is 0 Å². The lowest BCUT2D eigenvalue weighted by Gasteiger charge is -2.12. The summed E-state index contributed by atoms with van der Waals surface area (Å²) in [5.74, 6) is -1.38. The summed E-state index contributed by atoms with van der Waals surface area (Å²) in [5, 5.41) is 5.87. The van der Waals surface area contributed by atoms with Crippen molar-refractivity contribution in [3.8, 4) is 0 Å². The number of amides is 2. The van der Waals surface area contributed by atoms with Gasteiger partial charge >= 0.3 is 0 Å². The Balaban J connectivity index is 2.20. The first kappa shape index (κ1) is 19.2. The molecule has 0 saturated carbocycles. The standard InChI is InChI=1S/C18H17Cl2FN2O2/c1-2-8-22-18(25)12-7-6-11(19)9-16(12)23-17(24)10-13-14(20)4-3-5-15(13)21/h3-7,9H,2,8,10H2,1H3,(H,22,25)(H,23,24). The van der Waals surface area contributed by atoms with Crippen LogP contribution in [0.15, 0.2) is 36.4 Å². The Morgan fingerprint density at radius 3 is 2.60 bits per heavy atom. The molecule has 0 radical (unpaired) electrons. The van der Waals surface area contributed by atoms with E-state index in [2.05, 4.69) is 10.6 Å². The fourth-order valence-electron chi connectivity index (χ4n) is 2.21. The Bertz CT molecular complexity index is 776. The average molecular weight is 383 g/mol. The highest BCUT2D eigenvalue weighted by Gasteiger charge is 2.16. The molecular weight excluding hydrogens is 366 g/mol. The third-order valence-electron chi connectivity index (χ3n) is 3.43. The highest BCUT2D eigenvalue weighted by Crippen LogP contribution is 2.23. The van der Waals surface area contributed by atoms with Crippen LogP contribution in [0, 0.1) is 5.82 Å². The fraction of sp³-hybridized carbons (Fsp3) is 0.222. The summed E-state index contributed by atoms with van der Waals surface area (Å²) in [4.78, 5) is 24.5. The molecule has 0 aliphatic heterocycles. The van der Waals surface area contributed by atoms with Crippen molar-refractivity contribution in [1.29, 1.82) is 0 Å². The van der Waals surface area contributed by atoms with Crippen LogP contribution in [0.4, 0.5) is 10.1 Å². The highest BCUT2D eigenvalue weighted by atomic mass is 35.5. The number of carbonyl (C=O) groups is 2. The van der Waals surface area contributed by atoms with Gasteiger partial charge in [0.2, 0.25) is 5.91 Å². The van der Waals surface area contributed by atoms with E-state index in [4.69, 9.17) is 23.2 Å². The van der Waals surface area contributed by atoms with Gasteiger partial charge in [0.25, 0.3) is 5.91 Å². The fourth-order valence-corrected chi connectivity index (χ4v) is 2.61. The third-order valence-corrected chi connectivity index (χ3v) is 4.02. The van der Waals surface area contributed by atoms with E-state index in [0.717, 1.165) is 6.42 Å². The first-order valence-corrected chi connectivity index (χ1v) is 8.48. The molecule has 2 amide bonds. The Morgan fingerprint density at radius 1 is 1.16 bits per heavy atom. The summed E-state index contributed by atoms with van der Waals surface area (Å²) in [5.41, 5.74) is 0.644. The van der Waals surface area contributed by atoms with Gasteiger partial charge in [-0.1, -0.05) is 36.2 Å². The minimum atomic E-state index is -0.561. The molecule has 0 fully saturated rings. The molecule has 0 unspecified atom stereocenters. The molecule has 0 saturated heterocycles. The average Bonchev–Trinajstić information content (AvgIpc) is 2.56. The topological polar surface area (TPSA) is 58.2 Å². The van der Waals surface area contributed by atoms with Gasteiger partial charge in [-0.05, 0) is 36.8 Å². The molecule has 0 spiro atoms. The molecule has 25 heavy (non-hydrogen) atoms. The Kier molecular flexibility index (Phi) is 6.79. The number of rotatable bonds is 6. The van der Waals surface area contributed by atoms with Crippen LogP contribution in [0.3, 0.4) is 0 Å². The van der Waals surface area contributed by atoms with Crippen molar-refractivity contribution in [3.63, 3.8) is 0 Å². The first-order valence-electron chi connectivity index (χ1n) is 7.73. The van der Waals surface area contributed by atoms with Crippen LogP contribution in [0.2, 0.25) is 10.0 Å². The number of anilines is 1. The van der Waals surface area contributed by atoms with Crippen molar-refractivity contribution in [2.24, 2.45) is 0 Å². The van der Waals surface area contributed by atoms with Gasteiger partial charge in [0.15, 0.2) is 0 Å². The van der Waals surface area contributed by atoms with Crippen LogP contribution in [-0.2, 0) is 11.2 Å². The summed E-state index contributed by atoms with van der Waals surface area (Å²) in [7, 11) is 0. The van der Waals surface area contributed by atoms with Gasteiger partial charge in [-0.15, -0.1) is 0 Å². The highest BCUT2D eigenvalue weighted by molar-refractivity contribution is 6.32. The minimum Gasteiger partial charge on any atom is -0.352 e. The van der Waals surface area contributed by atoms with Crippen molar-refractivity contribution in [2.45, 2.75) is 19.8 Å². The van der Waals surface area contributed by atoms with E-state index in [1.165, 1.54) is 30.3 Å². The van der Waals surface area contributed by atoms with E-state index >= 15 is 0 Å². The van der Waals surface area contributed by atoms with Gasteiger partial charge in [-0.2, -0.15) is 0 Å². The van der Waals surface area contributed by atoms with E-state index < -0.39 is 11.7 Å². The molecule has 2 aromatic carbocycles. The van der Waals surface area contributed by atoms with Crippen molar-refractivity contribution in [2.75, 3.05) is 11.9 Å². The lowest BCUT2D eigenvalue weighted by Crippen LogP contribution is -2.26. The maximum absolute atomic E-state index is 13.8. The second kappa shape index (κ2) is 8.83. The molecule has 4 nitrogen and oxygen atoms in total. The predicted octanol–water partition coefficient (Wildman–Crippen LogP) is 4.45. The van der Waals surface area contributed by atoms with E-state index in [1.54, 1.807) is 6.07 Å². The second-order valence-corrected chi connectivity index (χ2v) is 6.21. The number of halogens is 3. The molecule has 0 aliphatic rings. The summed E-state index contributed by atoms with van der Waals surface area (Å²) in [6, 6.07) is 8.77. The zero-order valence-corrected chi connectivity index (χ0v) is 15.0. The van der Waals surface area contributed by atoms with Crippen LogP contribution in [0.25, 0.3) is 0 Å². The maximum Gasteiger partial charge on any atom is 0.253 e. The summed E-state index contributed by atoms with van der Waals surface area (Å²) in [6.07, 6.45) is 0.529. The van der Waals surface area contributed by atoms with Gasteiger partial charge in [-0.3, -0.25) is 9.59 Å².